The van der Waals surface area contributed by atoms with Crippen molar-refractivity contribution in [1.82, 2.24) is 10.2 Å². The van der Waals surface area contributed by atoms with E-state index in [0.29, 0.717) is 24.8 Å². The Morgan fingerprint density at radius 2 is 1.86 bits per heavy atom. The Labute approximate surface area is 176 Å². The third-order valence-corrected chi connectivity index (χ3v) is 6.53. The molecule has 29 heavy (non-hydrogen) atoms. The largest absolute Gasteiger partial charge is 0.390 e. The van der Waals surface area contributed by atoms with Gasteiger partial charge >= 0.3 is 0 Å². The number of piperidine rings is 1. The number of benzene rings is 1. The number of hydrogen-bond donors (Lipinski definition) is 3. The highest BCUT2D eigenvalue weighted by Gasteiger charge is 2.41. The molecule has 0 bridgehead atoms. The minimum Gasteiger partial charge on any atom is -0.390 e. The monoisotopic (exact) mass is 401 g/mol. The van der Waals surface area contributed by atoms with Crippen molar-refractivity contribution >= 4 is 5.91 Å². The van der Waals surface area contributed by atoms with Crippen LogP contribution in [-0.2, 0) is 11.2 Å². The average molecular weight is 402 g/mol. The molecule has 5 nitrogen and oxygen atoms in total. The molecule has 2 fully saturated rings. The van der Waals surface area contributed by atoms with Gasteiger partial charge in [0.15, 0.2) is 0 Å². The Morgan fingerprint density at radius 3 is 2.52 bits per heavy atom. The second-order valence-electron chi connectivity index (χ2n) is 10.2. The van der Waals surface area contributed by atoms with Crippen molar-refractivity contribution in [3.05, 3.63) is 35.9 Å². The molecule has 162 valence electrons. The fourth-order valence-electron chi connectivity index (χ4n) is 5.02. The zero-order valence-electron chi connectivity index (χ0n) is 18.3. The molecule has 1 amide bonds. The molecule has 1 saturated carbocycles. The number of aliphatic hydroxyl groups excluding tert-OH is 1. The van der Waals surface area contributed by atoms with Gasteiger partial charge in [0.2, 0.25) is 5.91 Å². The molecule has 0 unspecified atom stereocenters. The van der Waals surface area contributed by atoms with Crippen LogP contribution in [0, 0.1) is 11.8 Å². The first kappa shape index (κ1) is 22.3. The first-order valence-electron chi connectivity index (χ1n) is 11.3. The van der Waals surface area contributed by atoms with Gasteiger partial charge in [-0.05, 0) is 57.4 Å². The summed E-state index contributed by atoms with van der Waals surface area (Å²) in [5.41, 5.74) is 7.22. The lowest BCUT2D eigenvalue weighted by molar-refractivity contribution is -0.132. The van der Waals surface area contributed by atoms with Gasteiger partial charge in [0, 0.05) is 24.7 Å². The molecule has 1 aromatic carbocycles. The van der Waals surface area contributed by atoms with Crippen molar-refractivity contribution < 1.29 is 9.90 Å². The lowest BCUT2D eigenvalue weighted by atomic mass is 9.72. The van der Waals surface area contributed by atoms with E-state index in [2.05, 4.69) is 10.2 Å². The van der Waals surface area contributed by atoms with Gasteiger partial charge in [-0.3, -0.25) is 9.69 Å². The number of fused-ring (bicyclic) bond motifs is 1. The van der Waals surface area contributed by atoms with Crippen LogP contribution < -0.4 is 11.1 Å². The molecule has 1 aliphatic carbocycles. The number of carbonyl (C=O) groups excluding carboxylic acids is 1. The number of hydrogen-bond acceptors (Lipinski definition) is 4. The summed E-state index contributed by atoms with van der Waals surface area (Å²) in [5, 5.41) is 14.0. The normalized spacial score (nSPS) is 27.7. The highest BCUT2D eigenvalue weighted by Crippen LogP contribution is 2.38. The Kier molecular flexibility index (Phi) is 7.36. The van der Waals surface area contributed by atoms with Gasteiger partial charge in [0.1, 0.15) is 0 Å². The predicted molar refractivity (Wildman–Crippen MR) is 117 cm³/mol. The van der Waals surface area contributed by atoms with E-state index < -0.39 is 6.10 Å². The van der Waals surface area contributed by atoms with Crippen LogP contribution in [0.5, 0.6) is 0 Å². The SMILES string of the molecule is CC(C)(C)NC(=O)[C@@H]1C[C@@H]2CCCC[C@@H]2CN1C[C@@H](O)[C@@H](N)Cc1ccccc1. The Bertz CT molecular complexity index is 658. The molecule has 1 aromatic rings. The molecule has 1 aliphatic heterocycles. The summed E-state index contributed by atoms with van der Waals surface area (Å²) in [4.78, 5) is 15.3. The van der Waals surface area contributed by atoms with Gasteiger partial charge in [-0.2, -0.15) is 0 Å². The molecular formula is C24H39N3O2. The molecule has 1 saturated heterocycles. The molecule has 0 aromatic heterocycles. The summed E-state index contributed by atoms with van der Waals surface area (Å²) in [6.07, 6.45) is 5.91. The maximum atomic E-state index is 13.1. The smallest absolute Gasteiger partial charge is 0.237 e. The first-order valence-corrected chi connectivity index (χ1v) is 11.3. The standard InChI is InChI=1S/C24H39N3O2/c1-24(2,3)26-23(29)21-14-18-11-7-8-12-19(18)15-27(21)16-22(28)20(25)13-17-9-5-4-6-10-17/h4-6,9-10,18-22,28H,7-8,11-16,25H2,1-3H3,(H,26,29)/t18-,19+,20-,21-,22+/m0/s1. The second-order valence-corrected chi connectivity index (χ2v) is 10.2. The number of nitrogens with zero attached hydrogens (tertiary/aromatic N) is 1. The van der Waals surface area contributed by atoms with Crippen LogP contribution in [0.1, 0.15) is 58.4 Å². The van der Waals surface area contributed by atoms with E-state index in [4.69, 9.17) is 5.73 Å². The number of carbonyl (C=O) groups is 1. The van der Waals surface area contributed by atoms with E-state index in [9.17, 15) is 9.90 Å². The van der Waals surface area contributed by atoms with Crippen molar-refractivity contribution in [3.63, 3.8) is 0 Å². The number of aliphatic hydroxyl groups is 1. The fourth-order valence-corrected chi connectivity index (χ4v) is 5.02. The van der Waals surface area contributed by atoms with Gasteiger partial charge in [0.25, 0.3) is 0 Å². The molecule has 0 spiro atoms. The van der Waals surface area contributed by atoms with E-state index in [1.165, 1.54) is 25.7 Å². The highest BCUT2D eigenvalue weighted by atomic mass is 16.3. The van der Waals surface area contributed by atoms with Crippen LogP contribution in [0.15, 0.2) is 30.3 Å². The van der Waals surface area contributed by atoms with Crippen molar-refractivity contribution in [3.8, 4) is 0 Å². The zero-order chi connectivity index (χ0) is 21.0. The summed E-state index contributed by atoms with van der Waals surface area (Å²) in [6.45, 7) is 7.41. The lowest BCUT2D eigenvalue weighted by Gasteiger charge is -2.46. The van der Waals surface area contributed by atoms with Crippen molar-refractivity contribution in [2.24, 2.45) is 17.6 Å². The molecular weight excluding hydrogens is 362 g/mol. The van der Waals surface area contributed by atoms with E-state index in [-0.39, 0.29) is 23.5 Å². The van der Waals surface area contributed by atoms with E-state index >= 15 is 0 Å². The van der Waals surface area contributed by atoms with Gasteiger partial charge in [-0.25, -0.2) is 0 Å². The summed E-state index contributed by atoms with van der Waals surface area (Å²) >= 11 is 0. The van der Waals surface area contributed by atoms with Crippen molar-refractivity contribution in [1.29, 1.82) is 0 Å². The number of rotatable bonds is 6. The molecule has 5 atom stereocenters. The van der Waals surface area contributed by atoms with Crippen LogP contribution in [0.3, 0.4) is 0 Å². The fraction of sp³-hybridized carbons (Fsp3) is 0.708. The topological polar surface area (TPSA) is 78.6 Å². The molecule has 4 N–H and O–H groups in total. The van der Waals surface area contributed by atoms with Gasteiger partial charge in [0.05, 0.1) is 12.1 Å². The molecule has 0 radical (unpaired) electrons. The highest BCUT2D eigenvalue weighted by molar-refractivity contribution is 5.82. The third kappa shape index (κ3) is 6.27. The van der Waals surface area contributed by atoms with E-state index in [0.717, 1.165) is 18.5 Å². The summed E-state index contributed by atoms with van der Waals surface area (Å²) in [7, 11) is 0. The molecule has 1 heterocycles. The Morgan fingerprint density at radius 1 is 1.21 bits per heavy atom. The molecule has 3 rings (SSSR count). The first-order chi connectivity index (χ1) is 13.7. The number of nitrogens with two attached hydrogens (primary N) is 1. The number of β-amino-alcohol motifs (C(OH)–C–C–N with tert-alkyl or cyclic N) is 1. The quantitative estimate of drug-likeness (QED) is 0.685. The van der Waals surface area contributed by atoms with E-state index in [1.54, 1.807) is 0 Å². The molecule has 2 aliphatic rings. The zero-order valence-corrected chi connectivity index (χ0v) is 18.3. The predicted octanol–water partition coefficient (Wildman–Crippen LogP) is 2.71. The Hall–Kier alpha value is -1.43. The molecule has 5 heteroatoms. The Balaban J connectivity index is 1.67. The third-order valence-electron chi connectivity index (χ3n) is 6.53. The van der Waals surface area contributed by atoms with Crippen LogP contribution >= 0.6 is 0 Å². The summed E-state index contributed by atoms with van der Waals surface area (Å²) in [6, 6.07) is 9.54. The van der Waals surface area contributed by atoms with Crippen molar-refractivity contribution in [2.45, 2.75) is 83.0 Å². The minimum absolute atomic E-state index is 0.0883. The number of amides is 1. The van der Waals surface area contributed by atoms with Crippen LogP contribution in [0.4, 0.5) is 0 Å². The summed E-state index contributed by atoms with van der Waals surface area (Å²) < 4.78 is 0. The van der Waals surface area contributed by atoms with Gasteiger partial charge < -0.3 is 16.2 Å². The minimum atomic E-state index is -0.653. The van der Waals surface area contributed by atoms with Gasteiger partial charge in [-0.1, -0.05) is 49.6 Å². The second kappa shape index (κ2) is 9.59. The maximum Gasteiger partial charge on any atom is 0.237 e. The van der Waals surface area contributed by atoms with E-state index in [1.807, 2.05) is 51.1 Å². The van der Waals surface area contributed by atoms with Crippen LogP contribution in [0.25, 0.3) is 0 Å². The lowest BCUT2D eigenvalue weighted by Crippen LogP contribution is -2.59. The maximum absolute atomic E-state index is 13.1. The van der Waals surface area contributed by atoms with Crippen LogP contribution in [0.2, 0.25) is 0 Å². The number of nitrogens with one attached hydrogen (secondary N) is 1. The van der Waals surface area contributed by atoms with Gasteiger partial charge in [-0.15, -0.1) is 0 Å². The summed E-state index contributed by atoms with van der Waals surface area (Å²) in [5.74, 6) is 1.36. The number of likely N-dealkylation sites (tertiary alicyclic amines) is 1. The van der Waals surface area contributed by atoms with Crippen molar-refractivity contribution in [2.75, 3.05) is 13.1 Å². The average Bonchev–Trinajstić information content (AvgIpc) is 2.66. The van der Waals surface area contributed by atoms with Crippen LogP contribution in [-0.4, -0.2) is 52.7 Å².